The molecule has 0 unspecified atom stereocenters. The van der Waals surface area contributed by atoms with Gasteiger partial charge in [0.05, 0.1) is 35.9 Å². The van der Waals surface area contributed by atoms with E-state index in [4.69, 9.17) is 9.97 Å². The fourth-order valence-electron chi connectivity index (χ4n) is 9.84. The van der Waals surface area contributed by atoms with E-state index in [1.807, 2.05) is 116 Å². The third-order valence-electron chi connectivity index (χ3n) is 12.6. The van der Waals surface area contributed by atoms with Gasteiger partial charge in [0, 0.05) is 12.6 Å². The van der Waals surface area contributed by atoms with Crippen LogP contribution in [0.2, 0.25) is 0 Å². The number of fused-ring (bicyclic) bond motifs is 2. The first-order valence-electron chi connectivity index (χ1n) is 20.6. The molecule has 1 aliphatic carbocycles. The lowest BCUT2D eigenvalue weighted by atomic mass is 9.96. The molecular weight excluding hydrogens is 721 g/mol. The summed E-state index contributed by atoms with van der Waals surface area (Å²) in [7, 11) is 7.90. The number of hydrogen-bond acceptors (Lipinski definition) is 6. The molecule has 0 spiro atoms. The Balaban J connectivity index is 0.880. The molecule has 2 N–H and O–H groups in total. The minimum absolute atomic E-state index is 0.0513. The van der Waals surface area contributed by atoms with Gasteiger partial charge in [-0.1, -0.05) is 109 Å². The van der Waals surface area contributed by atoms with Crippen LogP contribution in [0.4, 0.5) is 0 Å². The summed E-state index contributed by atoms with van der Waals surface area (Å²) in [5.74, 6) is 2.38. The van der Waals surface area contributed by atoms with E-state index in [0.717, 1.165) is 95.1 Å². The van der Waals surface area contributed by atoms with Crippen LogP contribution < -0.4 is 0 Å². The Morgan fingerprint density at radius 2 is 1.12 bits per heavy atom. The van der Waals surface area contributed by atoms with Gasteiger partial charge in [0.15, 0.2) is 0 Å². The molecule has 1 saturated carbocycles. The van der Waals surface area contributed by atoms with Gasteiger partial charge in [0.1, 0.15) is 23.7 Å². The summed E-state index contributed by atoms with van der Waals surface area (Å²) in [5.41, 5.74) is 8.25. The minimum atomic E-state index is -0.341. The number of rotatable bonds is 11. The SMILES string of the molecule is CN(C)[C@@H](C(=O)N1CCC[C@H]1c1ncc(-c2ccc(-c3ccc(-c4cnc([C@@H]5[C@H]6CC[C@H](C6)N5C(=O)[C@@H](c5ccccc5)N(C)C)[nH]4)cc3)cc2)[nH]1)c1ccccc1. The van der Waals surface area contributed by atoms with Crippen LogP contribution in [0.5, 0.6) is 0 Å². The highest BCUT2D eigenvalue weighted by molar-refractivity contribution is 5.85. The third-order valence-corrected chi connectivity index (χ3v) is 12.6. The molecule has 3 aliphatic rings. The molecular formula is C48H52N8O2. The zero-order chi connectivity index (χ0) is 39.9. The number of H-pyrrole nitrogens is 2. The highest BCUT2D eigenvalue weighted by atomic mass is 16.2. The number of likely N-dealkylation sites (tertiary alicyclic amines) is 2. The second-order valence-electron chi connectivity index (χ2n) is 16.7. The zero-order valence-corrected chi connectivity index (χ0v) is 33.8. The number of nitrogens with one attached hydrogen (secondary N) is 2. The van der Waals surface area contributed by atoms with E-state index in [1.165, 1.54) is 0 Å². The number of imidazole rings is 2. The van der Waals surface area contributed by atoms with Crippen LogP contribution in [0.15, 0.2) is 122 Å². The second kappa shape index (κ2) is 15.8. The van der Waals surface area contributed by atoms with Crippen molar-refractivity contribution in [2.24, 2.45) is 5.92 Å². The normalized spacial score (nSPS) is 21.3. The van der Waals surface area contributed by atoms with Crippen molar-refractivity contribution in [3.8, 4) is 33.6 Å². The number of amides is 2. The first-order chi connectivity index (χ1) is 28.2. The molecule has 2 aliphatic heterocycles. The predicted molar refractivity (Wildman–Crippen MR) is 227 cm³/mol. The Kier molecular flexibility index (Phi) is 10.3. The maximum absolute atomic E-state index is 14.3. The summed E-state index contributed by atoms with van der Waals surface area (Å²) in [6.45, 7) is 0.722. The molecule has 9 rings (SSSR count). The Morgan fingerprint density at radius 1 is 0.621 bits per heavy atom. The lowest BCUT2D eigenvalue weighted by Crippen LogP contribution is -2.46. The van der Waals surface area contributed by atoms with Gasteiger partial charge in [0.2, 0.25) is 11.8 Å². The Hall–Kier alpha value is -5.84. The maximum atomic E-state index is 14.3. The zero-order valence-electron chi connectivity index (χ0n) is 33.8. The van der Waals surface area contributed by atoms with Crippen molar-refractivity contribution in [3.05, 3.63) is 144 Å². The highest BCUT2D eigenvalue weighted by Gasteiger charge is 2.51. The van der Waals surface area contributed by atoms with Gasteiger partial charge in [-0.2, -0.15) is 0 Å². The van der Waals surface area contributed by atoms with E-state index in [0.29, 0.717) is 5.92 Å². The lowest BCUT2D eigenvalue weighted by molar-refractivity contribution is -0.141. The second-order valence-corrected chi connectivity index (χ2v) is 16.7. The molecule has 4 aromatic carbocycles. The number of nitrogens with zero attached hydrogens (tertiary/aromatic N) is 6. The van der Waals surface area contributed by atoms with Gasteiger partial charge in [-0.3, -0.25) is 19.4 Å². The van der Waals surface area contributed by atoms with Crippen LogP contribution in [0.25, 0.3) is 33.6 Å². The third kappa shape index (κ3) is 7.05. The molecule has 3 fully saturated rings. The van der Waals surface area contributed by atoms with Gasteiger partial charge < -0.3 is 19.8 Å². The fraction of sp³-hybridized carbons (Fsp3) is 0.333. The average molecular weight is 773 g/mol. The summed E-state index contributed by atoms with van der Waals surface area (Å²) in [6.07, 6.45) is 8.83. The number of likely N-dealkylation sites (N-methyl/N-ethyl adjacent to an activating group) is 2. The number of hydrogen-bond donors (Lipinski definition) is 2. The van der Waals surface area contributed by atoms with Crippen molar-refractivity contribution < 1.29 is 9.59 Å². The summed E-state index contributed by atoms with van der Waals surface area (Å²) < 4.78 is 0. The van der Waals surface area contributed by atoms with Crippen molar-refractivity contribution in [2.75, 3.05) is 34.7 Å². The van der Waals surface area contributed by atoms with E-state index in [-0.39, 0.29) is 42.0 Å². The molecule has 6 atom stereocenters. The summed E-state index contributed by atoms with van der Waals surface area (Å²) in [5, 5.41) is 0. The van der Waals surface area contributed by atoms with Gasteiger partial charge in [-0.25, -0.2) is 9.97 Å². The molecule has 10 nitrogen and oxygen atoms in total. The molecule has 6 aromatic rings. The van der Waals surface area contributed by atoms with Crippen molar-refractivity contribution in [3.63, 3.8) is 0 Å². The van der Waals surface area contributed by atoms with Crippen LogP contribution >= 0.6 is 0 Å². The van der Waals surface area contributed by atoms with Crippen LogP contribution in [0.1, 0.15) is 79.0 Å². The molecule has 4 heterocycles. The van der Waals surface area contributed by atoms with E-state index in [1.54, 1.807) is 0 Å². The maximum Gasteiger partial charge on any atom is 0.245 e. The molecule has 2 saturated heterocycles. The quantitative estimate of drug-likeness (QED) is 0.137. The van der Waals surface area contributed by atoms with E-state index in [2.05, 4.69) is 63.4 Å². The first kappa shape index (κ1) is 37.7. The monoisotopic (exact) mass is 772 g/mol. The number of carbonyl (C=O) groups excluding carboxylic acids is 2. The van der Waals surface area contributed by atoms with Gasteiger partial charge in [-0.15, -0.1) is 0 Å². The number of piperidine rings is 1. The van der Waals surface area contributed by atoms with E-state index < -0.39 is 0 Å². The summed E-state index contributed by atoms with van der Waals surface area (Å²) >= 11 is 0. The highest BCUT2D eigenvalue weighted by Crippen LogP contribution is 2.51. The fourth-order valence-corrected chi connectivity index (χ4v) is 9.84. The predicted octanol–water partition coefficient (Wildman–Crippen LogP) is 8.46. The van der Waals surface area contributed by atoms with Gasteiger partial charge in [-0.05, 0) is 99.6 Å². The molecule has 2 bridgehead atoms. The van der Waals surface area contributed by atoms with Crippen LogP contribution in [-0.2, 0) is 9.59 Å². The first-order valence-corrected chi connectivity index (χ1v) is 20.6. The van der Waals surface area contributed by atoms with Crippen molar-refractivity contribution in [1.29, 1.82) is 0 Å². The molecule has 58 heavy (non-hydrogen) atoms. The molecule has 2 aromatic heterocycles. The smallest absolute Gasteiger partial charge is 0.245 e. The Morgan fingerprint density at radius 3 is 1.67 bits per heavy atom. The van der Waals surface area contributed by atoms with Crippen LogP contribution in [0.3, 0.4) is 0 Å². The Bertz CT molecular complexity index is 2350. The number of aromatic nitrogens is 4. The summed E-state index contributed by atoms with van der Waals surface area (Å²) in [4.78, 5) is 53.3. The van der Waals surface area contributed by atoms with Gasteiger partial charge in [0.25, 0.3) is 0 Å². The molecule has 296 valence electrons. The molecule has 2 amide bonds. The summed E-state index contributed by atoms with van der Waals surface area (Å²) in [6, 6.07) is 36.6. The largest absolute Gasteiger partial charge is 0.340 e. The number of aromatic amines is 2. The van der Waals surface area contributed by atoms with Crippen molar-refractivity contribution in [2.45, 2.75) is 62.3 Å². The number of carbonyl (C=O) groups is 2. The molecule has 10 heteroatoms. The van der Waals surface area contributed by atoms with E-state index in [9.17, 15) is 9.59 Å². The number of benzene rings is 4. The van der Waals surface area contributed by atoms with E-state index >= 15 is 0 Å². The molecule has 0 radical (unpaired) electrons. The lowest BCUT2D eigenvalue weighted by Gasteiger charge is -2.38. The van der Waals surface area contributed by atoms with Crippen molar-refractivity contribution >= 4 is 11.8 Å². The van der Waals surface area contributed by atoms with Gasteiger partial charge >= 0.3 is 0 Å². The average Bonchev–Trinajstić information content (AvgIpc) is 4.10. The van der Waals surface area contributed by atoms with Crippen molar-refractivity contribution in [1.82, 2.24) is 39.5 Å². The Labute approximate surface area is 340 Å². The topological polar surface area (TPSA) is 104 Å². The standard InChI is InChI=1S/C48H52N8O2/c1-53(2)43(35-12-7-5-8-13-35)47(57)55-27-11-16-41(55)45-49-29-39(51-45)33-21-17-31(18-22-33)32-19-23-34(24-20-32)40-30-50-46(52-40)42-37-25-26-38(28-37)56(42)48(58)44(54(3)4)36-14-9-6-10-15-36/h5-10,12-15,17-24,29-30,37-38,41-44H,11,16,25-28H2,1-4H3,(H,49,51)(H,50,52)/t37-,38+,41-,42-,43+,44+/m0/s1. The van der Waals surface area contributed by atoms with Crippen LogP contribution in [-0.4, -0.2) is 92.1 Å². The van der Waals surface area contributed by atoms with Crippen LogP contribution in [0, 0.1) is 5.92 Å². The minimum Gasteiger partial charge on any atom is -0.340 e.